The van der Waals surface area contributed by atoms with Crippen molar-refractivity contribution in [2.45, 2.75) is 32.8 Å². The van der Waals surface area contributed by atoms with Gasteiger partial charge in [0.25, 0.3) is 5.91 Å². The minimum Gasteiger partial charge on any atom is -0.380 e. The van der Waals surface area contributed by atoms with Gasteiger partial charge in [0.2, 0.25) is 0 Å². The van der Waals surface area contributed by atoms with Crippen LogP contribution in [0.3, 0.4) is 0 Å². The third-order valence-corrected chi connectivity index (χ3v) is 4.82. The highest BCUT2D eigenvalue weighted by atomic mass is 19.1. The van der Waals surface area contributed by atoms with Gasteiger partial charge in [0.05, 0.1) is 12.2 Å². The van der Waals surface area contributed by atoms with Gasteiger partial charge in [-0.1, -0.05) is 17.3 Å². The first kappa shape index (κ1) is 17.6. The summed E-state index contributed by atoms with van der Waals surface area (Å²) in [4.78, 5) is 14.5. The number of carbonyl (C=O) groups excluding carboxylic acids is 1. The number of carbonyl (C=O) groups is 1. The van der Waals surface area contributed by atoms with Crippen LogP contribution in [0.1, 0.15) is 40.2 Å². The molecule has 1 amide bonds. The molecule has 1 saturated heterocycles. The van der Waals surface area contributed by atoms with Crippen LogP contribution < -0.4 is 0 Å². The van der Waals surface area contributed by atoms with E-state index in [1.54, 1.807) is 14.0 Å². The maximum atomic E-state index is 13.0. The van der Waals surface area contributed by atoms with E-state index in [1.165, 1.54) is 12.1 Å². The van der Waals surface area contributed by atoms with Crippen molar-refractivity contribution in [1.29, 1.82) is 0 Å². The zero-order valence-corrected chi connectivity index (χ0v) is 14.6. The van der Waals surface area contributed by atoms with E-state index in [-0.39, 0.29) is 11.7 Å². The molecule has 2 heterocycles. The minimum absolute atomic E-state index is 0.0934. The summed E-state index contributed by atoms with van der Waals surface area (Å²) in [5, 5.41) is 3.92. The highest BCUT2D eigenvalue weighted by molar-refractivity contribution is 5.93. The van der Waals surface area contributed by atoms with E-state index in [9.17, 15) is 9.18 Å². The summed E-state index contributed by atoms with van der Waals surface area (Å²) in [5.74, 6) is 0.825. The highest BCUT2D eigenvalue weighted by Gasteiger charge is 2.28. The van der Waals surface area contributed by atoms with Gasteiger partial charge in [0, 0.05) is 20.2 Å². The maximum Gasteiger partial charge on any atom is 0.276 e. The van der Waals surface area contributed by atoms with E-state index in [0.717, 1.165) is 30.4 Å². The minimum atomic E-state index is -0.209. The van der Waals surface area contributed by atoms with Gasteiger partial charge in [-0.3, -0.25) is 4.79 Å². The Morgan fingerprint density at radius 3 is 2.64 bits per heavy atom. The SMILES string of the molecule is COCc1c(C(=O)N2CCC(Cc3ccc(F)cc3)CC2)noc1C. The van der Waals surface area contributed by atoms with Crippen LogP contribution in [0.15, 0.2) is 28.8 Å². The molecule has 25 heavy (non-hydrogen) atoms. The number of aryl methyl sites for hydroxylation is 1. The van der Waals surface area contributed by atoms with Gasteiger partial charge in [0.1, 0.15) is 11.6 Å². The van der Waals surface area contributed by atoms with Crippen LogP contribution in [-0.4, -0.2) is 36.2 Å². The Kier molecular flexibility index (Phi) is 5.48. The number of hydrogen-bond acceptors (Lipinski definition) is 4. The lowest BCUT2D eigenvalue weighted by Gasteiger charge is -2.31. The van der Waals surface area contributed by atoms with Gasteiger partial charge < -0.3 is 14.2 Å². The molecule has 1 fully saturated rings. The lowest BCUT2D eigenvalue weighted by Crippen LogP contribution is -2.39. The van der Waals surface area contributed by atoms with E-state index < -0.39 is 0 Å². The van der Waals surface area contributed by atoms with Crippen LogP contribution in [0.4, 0.5) is 4.39 Å². The quantitative estimate of drug-likeness (QED) is 0.833. The van der Waals surface area contributed by atoms with Gasteiger partial charge in [-0.2, -0.15) is 0 Å². The summed E-state index contributed by atoms with van der Waals surface area (Å²) in [5.41, 5.74) is 2.22. The van der Waals surface area contributed by atoms with Gasteiger partial charge >= 0.3 is 0 Å². The summed E-state index contributed by atoms with van der Waals surface area (Å²) >= 11 is 0. The standard InChI is InChI=1S/C19H23FN2O3/c1-13-17(12-24-2)18(21-25-13)19(23)22-9-7-15(8-10-22)11-14-3-5-16(20)6-4-14/h3-6,15H,7-12H2,1-2H3. The molecule has 134 valence electrons. The summed E-state index contributed by atoms with van der Waals surface area (Å²) in [6.45, 7) is 3.50. The van der Waals surface area contributed by atoms with Crippen molar-refractivity contribution < 1.29 is 18.4 Å². The summed E-state index contributed by atoms with van der Waals surface area (Å²) < 4.78 is 23.3. The van der Waals surface area contributed by atoms with Gasteiger partial charge in [-0.25, -0.2) is 4.39 Å². The smallest absolute Gasteiger partial charge is 0.276 e. The lowest BCUT2D eigenvalue weighted by molar-refractivity contribution is 0.0676. The number of rotatable bonds is 5. The molecule has 1 aliphatic heterocycles. The number of nitrogens with zero attached hydrogens (tertiary/aromatic N) is 2. The molecule has 0 radical (unpaired) electrons. The van der Waals surface area contributed by atoms with E-state index in [4.69, 9.17) is 9.26 Å². The van der Waals surface area contributed by atoms with Crippen molar-refractivity contribution >= 4 is 5.91 Å². The number of benzene rings is 1. The number of piperidine rings is 1. The predicted molar refractivity (Wildman–Crippen MR) is 90.7 cm³/mol. The first-order chi connectivity index (χ1) is 12.1. The van der Waals surface area contributed by atoms with Crippen LogP contribution in [0.25, 0.3) is 0 Å². The maximum absolute atomic E-state index is 13.0. The number of ether oxygens (including phenoxy) is 1. The van der Waals surface area contributed by atoms with Crippen LogP contribution in [-0.2, 0) is 17.8 Å². The van der Waals surface area contributed by atoms with Crippen molar-refractivity contribution in [3.8, 4) is 0 Å². The zero-order valence-electron chi connectivity index (χ0n) is 14.6. The Balaban J connectivity index is 1.58. The van der Waals surface area contributed by atoms with Gasteiger partial charge in [-0.05, 0) is 49.8 Å². The third kappa shape index (κ3) is 4.07. The Morgan fingerprint density at radius 2 is 2.00 bits per heavy atom. The molecule has 1 aromatic carbocycles. The summed E-state index contributed by atoms with van der Waals surface area (Å²) in [6, 6.07) is 6.67. The molecule has 5 nitrogen and oxygen atoms in total. The number of amides is 1. The normalized spacial score (nSPS) is 15.6. The fraction of sp³-hybridized carbons (Fsp3) is 0.474. The second-order valence-corrected chi connectivity index (χ2v) is 6.57. The van der Waals surface area contributed by atoms with Crippen molar-refractivity contribution in [2.24, 2.45) is 5.92 Å². The van der Waals surface area contributed by atoms with Crippen molar-refractivity contribution in [1.82, 2.24) is 10.1 Å². The first-order valence-corrected chi connectivity index (χ1v) is 8.56. The first-order valence-electron chi connectivity index (χ1n) is 8.56. The Morgan fingerprint density at radius 1 is 1.32 bits per heavy atom. The molecule has 1 aliphatic rings. The number of halogens is 1. The summed E-state index contributed by atoms with van der Waals surface area (Å²) in [6.07, 6.45) is 2.78. The molecule has 0 N–H and O–H groups in total. The van der Waals surface area contributed by atoms with E-state index in [2.05, 4.69) is 5.16 Å². The lowest BCUT2D eigenvalue weighted by atomic mass is 9.90. The molecule has 0 spiro atoms. The Hall–Kier alpha value is -2.21. The Bertz CT molecular complexity index is 719. The second kappa shape index (κ2) is 7.78. The fourth-order valence-electron chi connectivity index (χ4n) is 3.32. The molecule has 3 rings (SSSR count). The van der Waals surface area contributed by atoms with E-state index in [0.29, 0.717) is 37.1 Å². The molecule has 0 unspecified atom stereocenters. The molecular formula is C19H23FN2O3. The average Bonchev–Trinajstić information content (AvgIpc) is 2.98. The van der Waals surface area contributed by atoms with Gasteiger partial charge in [-0.15, -0.1) is 0 Å². The van der Waals surface area contributed by atoms with E-state index in [1.807, 2.05) is 17.0 Å². The van der Waals surface area contributed by atoms with E-state index >= 15 is 0 Å². The van der Waals surface area contributed by atoms with Crippen LogP contribution in [0, 0.1) is 18.7 Å². The summed E-state index contributed by atoms with van der Waals surface area (Å²) in [7, 11) is 1.58. The fourth-order valence-corrected chi connectivity index (χ4v) is 3.32. The number of likely N-dealkylation sites (tertiary alicyclic amines) is 1. The number of methoxy groups -OCH3 is 1. The molecule has 6 heteroatoms. The zero-order chi connectivity index (χ0) is 17.8. The number of hydrogen-bond donors (Lipinski definition) is 0. The molecule has 2 aromatic rings. The molecule has 0 aliphatic carbocycles. The largest absolute Gasteiger partial charge is 0.380 e. The molecule has 0 saturated carbocycles. The van der Waals surface area contributed by atoms with Crippen LogP contribution in [0.2, 0.25) is 0 Å². The number of aromatic nitrogens is 1. The molecule has 0 bridgehead atoms. The molecule has 1 aromatic heterocycles. The molecular weight excluding hydrogens is 323 g/mol. The monoisotopic (exact) mass is 346 g/mol. The third-order valence-electron chi connectivity index (χ3n) is 4.82. The average molecular weight is 346 g/mol. The second-order valence-electron chi connectivity index (χ2n) is 6.57. The highest BCUT2D eigenvalue weighted by Crippen LogP contribution is 2.24. The van der Waals surface area contributed by atoms with Gasteiger partial charge in [0.15, 0.2) is 5.69 Å². The topological polar surface area (TPSA) is 55.6 Å². The molecule has 0 atom stereocenters. The van der Waals surface area contributed by atoms with Crippen molar-refractivity contribution in [3.63, 3.8) is 0 Å². The van der Waals surface area contributed by atoms with Crippen LogP contribution >= 0.6 is 0 Å². The predicted octanol–water partition coefficient (Wildman–Crippen LogP) is 3.36. The Labute approximate surface area is 146 Å². The van der Waals surface area contributed by atoms with Crippen molar-refractivity contribution in [3.05, 3.63) is 52.7 Å². The van der Waals surface area contributed by atoms with Crippen LogP contribution in [0.5, 0.6) is 0 Å². The van der Waals surface area contributed by atoms with Crippen molar-refractivity contribution in [2.75, 3.05) is 20.2 Å².